The van der Waals surface area contributed by atoms with Crippen LogP contribution in [0.25, 0.3) is 0 Å². The maximum absolute atomic E-state index is 12.9. The average molecular weight is 250 g/mol. The molecule has 0 unspecified atom stereocenters. The third-order valence-electron chi connectivity index (χ3n) is 3.53. The van der Waals surface area contributed by atoms with Crippen molar-refractivity contribution in [3.63, 3.8) is 0 Å². The molecule has 1 aromatic rings. The average Bonchev–Trinajstić information content (AvgIpc) is 2.37. The van der Waals surface area contributed by atoms with Crippen LogP contribution in [0.4, 0.5) is 10.1 Å². The summed E-state index contributed by atoms with van der Waals surface area (Å²) >= 11 is 0. The fraction of sp³-hybridized carbons (Fsp3) is 0.500. The lowest BCUT2D eigenvalue weighted by Gasteiger charge is -2.21. The van der Waals surface area contributed by atoms with Gasteiger partial charge in [0.1, 0.15) is 5.82 Å². The summed E-state index contributed by atoms with van der Waals surface area (Å²) in [6, 6.07) is 3.86. The molecule has 1 aliphatic carbocycles. The van der Waals surface area contributed by atoms with Gasteiger partial charge in [-0.2, -0.15) is 0 Å². The summed E-state index contributed by atoms with van der Waals surface area (Å²) in [5.74, 6) is -0.0567. The van der Waals surface area contributed by atoms with Crippen LogP contribution < -0.4 is 11.1 Å². The van der Waals surface area contributed by atoms with Crippen LogP contribution >= 0.6 is 0 Å². The third kappa shape index (κ3) is 3.22. The zero-order valence-corrected chi connectivity index (χ0v) is 10.4. The van der Waals surface area contributed by atoms with Crippen LogP contribution in [0.1, 0.15) is 42.5 Å². The van der Waals surface area contributed by atoms with Crippen molar-refractivity contribution in [1.29, 1.82) is 0 Å². The topological polar surface area (TPSA) is 55.1 Å². The van der Waals surface area contributed by atoms with Gasteiger partial charge in [-0.25, -0.2) is 4.39 Å². The Balaban J connectivity index is 1.90. The van der Waals surface area contributed by atoms with Crippen molar-refractivity contribution in [1.82, 2.24) is 5.32 Å². The predicted octanol–water partition coefficient (Wildman–Crippen LogP) is 2.72. The molecule has 0 radical (unpaired) electrons. The van der Waals surface area contributed by atoms with E-state index < -0.39 is 5.82 Å². The molecule has 2 rings (SSSR count). The van der Waals surface area contributed by atoms with Crippen molar-refractivity contribution in [2.75, 3.05) is 12.3 Å². The second kappa shape index (κ2) is 5.85. The number of carbonyl (C=O) groups is 1. The Morgan fingerprint density at radius 1 is 1.33 bits per heavy atom. The number of amides is 1. The van der Waals surface area contributed by atoms with Gasteiger partial charge in [0.15, 0.2) is 0 Å². The molecule has 1 amide bonds. The fourth-order valence-electron chi connectivity index (χ4n) is 2.46. The van der Waals surface area contributed by atoms with E-state index in [9.17, 15) is 9.18 Å². The Bertz CT molecular complexity index is 428. The van der Waals surface area contributed by atoms with Gasteiger partial charge in [0.2, 0.25) is 0 Å². The number of nitrogens with two attached hydrogens (primary N) is 1. The van der Waals surface area contributed by atoms with Gasteiger partial charge in [-0.1, -0.05) is 19.3 Å². The molecule has 1 saturated carbocycles. The fourth-order valence-corrected chi connectivity index (χ4v) is 2.46. The Labute approximate surface area is 107 Å². The molecule has 3 nitrogen and oxygen atoms in total. The van der Waals surface area contributed by atoms with Crippen LogP contribution in [0.15, 0.2) is 18.2 Å². The molecule has 1 aromatic carbocycles. The highest BCUT2D eigenvalue weighted by Crippen LogP contribution is 2.23. The van der Waals surface area contributed by atoms with Gasteiger partial charge in [0, 0.05) is 12.2 Å². The van der Waals surface area contributed by atoms with E-state index in [-0.39, 0.29) is 11.6 Å². The molecule has 0 saturated heterocycles. The van der Waals surface area contributed by atoms with Crippen molar-refractivity contribution in [2.45, 2.75) is 32.1 Å². The van der Waals surface area contributed by atoms with E-state index >= 15 is 0 Å². The van der Waals surface area contributed by atoms with Crippen molar-refractivity contribution in [2.24, 2.45) is 5.92 Å². The number of anilines is 1. The summed E-state index contributed by atoms with van der Waals surface area (Å²) in [7, 11) is 0. The second-order valence-corrected chi connectivity index (χ2v) is 4.95. The Hall–Kier alpha value is -1.58. The quantitative estimate of drug-likeness (QED) is 0.810. The number of rotatable bonds is 3. The zero-order chi connectivity index (χ0) is 13.0. The molecular weight excluding hydrogens is 231 g/mol. The van der Waals surface area contributed by atoms with Crippen LogP contribution in [0.3, 0.4) is 0 Å². The van der Waals surface area contributed by atoms with Gasteiger partial charge < -0.3 is 11.1 Å². The molecule has 0 bridgehead atoms. The van der Waals surface area contributed by atoms with Crippen molar-refractivity contribution < 1.29 is 9.18 Å². The first kappa shape index (κ1) is 12.9. The largest absolute Gasteiger partial charge is 0.398 e. The number of halogens is 1. The molecule has 1 aliphatic rings. The molecule has 18 heavy (non-hydrogen) atoms. The van der Waals surface area contributed by atoms with E-state index in [2.05, 4.69) is 5.32 Å². The first-order chi connectivity index (χ1) is 8.66. The lowest BCUT2D eigenvalue weighted by atomic mass is 9.89. The Morgan fingerprint density at radius 3 is 2.72 bits per heavy atom. The molecule has 3 N–H and O–H groups in total. The van der Waals surface area contributed by atoms with Crippen LogP contribution in [0, 0.1) is 11.7 Å². The zero-order valence-electron chi connectivity index (χ0n) is 10.4. The first-order valence-corrected chi connectivity index (χ1v) is 6.50. The highest BCUT2D eigenvalue weighted by atomic mass is 19.1. The second-order valence-electron chi connectivity index (χ2n) is 4.95. The van der Waals surface area contributed by atoms with Crippen LogP contribution in [-0.2, 0) is 0 Å². The molecule has 0 aromatic heterocycles. The summed E-state index contributed by atoms with van der Waals surface area (Å²) in [5, 5.41) is 2.89. The van der Waals surface area contributed by atoms with Crippen LogP contribution in [0.5, 0.6) is 0 Å². The van der Waals surface area contributed by atoms with Crippen molar-refractivity contribution >= 4 is 11.6 Å². The van der Waals surface area contributed by atoms with Crippen molar-refractivity contribution in [3.05, 3.63) is 29.6 Å². The summed E-state index contributed by atoms with van der Waals surface area (Å²) in [6.45, 7) is 0.690. The van der Waals surface area contributed by atoms with Gasteiger partial charge in [-0.15, -0.1) is 0 Å². The molecule has 98 valence electrons. The van der Waals surface area contributed by atoms with Gasteiger partial charge in [-0.3, -0.25) is 4.79 Å². The van der Waals surface area contributed by atoms with Gasteiger partial charge in [0.05, 0.1) is 5.56 Å². The number of benzene rings is 1. The maximum atomic E-state index is 12.9. The van der Waals surface area contributed by atoms with Gasteiger partial charge in [0.25, 0.3) is 5.91 Å². The van der Waals surface area contributed by atoms with E-state index in [1.54, 1.807) is 0 Å². The maximum Gasteiger partial charge on any atom is 0.253 e. The summed E-state index contributed by atoms with van der Waals surface area (Å²) in [6.07, 6.45) is 6.16. The lowest BCUT2D eigenvalue weighted by molar-refractivity contribution is 0.0944. The minimum absolute atomic E-state index is 0.191. The summed E-state index contributed by atoms with van der Waals surface area (Å²) in [4.78, 5) is 11.9. The van der Waals surface area contributed by atoms with Crippen LogP contribution in [0.2, 0.25) is 0 Å². The number of hydrogen-bond acceptors (Lipinski definition) is 2. The molecule has 4 heteroatoms. The molecule has 0 aliphatic heterocycles. The predicted molar refractivity (Wildman–Crippen MR) is 69.7 cm³/mol. The lowest BCUT2D eigenvalue weighted by Crippen LogP contribution is -2.30. The number of carbonyl (C=O) groups excluding carboxylic acids is 1. The highest BCUT2D eigenvalue weighted by Gasteiger charge is 2.16. The number of nitrogen functional groups attached to an aromatic ring is 1. The molecule has 0 atom stereocenters. The van der Waals surface area contributed by atoms with Crippen molar-refractivity contribution in [3.8, 4) is 0 Å². The Morgan fingerprint density at radius 2 is 2.06 bits per heavy atom. The molecule has 0 heterocycles. The molecular formula is C14H19FN2O. The van der Waals surface area contributed by atoms with E-state index in [1.165, 1.54) is 50.3 Å². The van der Waals surface area contributed by atoms with E-state index in [0.717, 1.165) is 0 Å². The van der Waals surface area contributed by atoms with E-state index in [4.69, 9.17) is 5.73 Å². The third-order valence-corrected chi connectivity index (χ3v) is 3.53. The standard InChI is InChI=1S/C14H19FN2O/c15-11-6-7-12(13(16)8-11)14(18)17-9-10-4-2-1-3-5-10/h6-8,10H,1-5,9,16H2,(H,17,18). The normalized spacial score (nSPS) is 16.5. The Kier molecular flexibility index (Phi) is 4.18. The molecule has 1 fully saturated rings. The minimum atomic E-state index is -0.420. The number of nitrogens with one attached hydrogen (secondary N) is 1. The van der Waals surface area contributed by atoms with E-state index in [1.807, 2.05) is 0 Å². The number of hydrogen-bond donors (Lipinski definition) is 2. The van der Waals surface area contributed by atoms with Gasteiger partial charge >= 0.3 is 0 Å². The smallest absolute Gasteiger partial charge is 0.253 e. The SMILES string of the molecule is Nc1cc(F)ccc1C(=O)NCC1CCCCC1. The molecule has 0 spiro atoms. The monoisotopic (exact) mass is 250 g/mol. The van der Waals surface area contributed by atoms with Crippen LogP contribution in [-0.4, -0.2) is 12.5 Å². The van der Waals surface area contributed by atoms with E-state index in [0.29, 0.717) is 18.0 Å². The summed E-state index contributed by atoms with van der Waals surface area (Å²) in [5.41, 5.74) is 6.17. The highest BCUT2D eigenvalue weighted by molar-refractivity contribution is 5.99. The van der Waals surface area contributed by atoms with Gasteiger partial charge in [-0.05, 0) is 37.0 Å². The minimum Gasteiger partial charge on any atom is -0.398 e. The first-order valence-electron chi connectivity index (χ1n) is 6.50. The summed E-state index contributed by atoms with van der Waals surface area (Å²) < 4.78 is 12.9.